The topological polar surface area (TPSA) is 68.3 Å². The number of carbonyl (C=O) groups is 2. The van der Waals surface area contributed by atoms with Crippen molar-refractivity contribution in [2.24, 2.45) is 0 Å². The van der Waals surface area contributed by atoms with Crippen molar-refractivity contribution in [3.8, 4) is 0 Å². The molecule has 0 radical (unpaired) electrons. The third-order valence-corrected chi connectivity index (χ3v) is 5.38. The maximum absolute atomic E-state index is 12.5. The first-order chi connectivity index (χ1) is 13.1. The minimum atomic E-state index is -0.836. The number of amides is 1. The number of nitrogens with one attached hydrogen (secondary N) is 1. The third-order valence-electron chi connectivity index (χ3n) is 4.47. The highest BCUT2D eigenvalue weighted by Gasteiger charge is 2.31. The fourth-order valence-corrected chi connectivity index (χ4v) is 3.87. The molecule has 1 N–H and O–H groups in total. The van der Waals surface area contributed by atoms with Gasteiger partial charge in [0.05, 0.1) is 5.56 Å². The van der Waals surface area contributed by atoms with Crippen LogP contribution >= 0.6 is 11.3 Å². The second-order valence-corrected chi connectivity index (χ2v) is 7.65. The van der Waals surface area contributed by atoms with Crippen LogP contribution in [0, 0.1) is 6.92 Å². The van der Waals surface area contributed by atoms with Crippen LogP contribution in [-0.2, 0) is 22.4 Å². The van der Waals surface area contributed by atoms with Gasteiger partial charge < -0.3 is 4.74 Å². The Bertz CT molecular complexity index is 995. The molecule has 0 saturated carbocycles. The zero-order valence-corrected chi connectivity index (χ0v) is 15.6. The van der Waals surface area contributed by atoms with Crippen LogP contribution in [0.4, 0.5) is 5.13 Å². The average Bonchev–Trinajstić information content (AvgIpc) is 3.10. The summed E-state index contributed by atoms with van der Waals surface area (Å²) in [5, 5.41) is 3.28. The highest BCUT2D eigenvalue weighted by atomic mass is 32.1. The Kier molecular flexibility index (Phi) is 4.73. The zero-order valence-electron chi connectivity index (χ0n) is 14.8. The molecule has 2 aromatic carbocycles. The predicted molar refractivity (Wildman–Crippen MR) is 104 cm³/mol. The monoisotopic (exact) mass is 378 g/mol. The molecule has 1 aromatic heterocycles. The maximum atomic E-state index is 12.5. The Morgan fingerprint density at radius 3 is 2.81 bits per heavy atom. The molecular weight excluding hydrogens is 360 g/mol. The smallest absolute Gasteiger partial charge is 0.339 e. The minimum Gasteiger partial charge on any atom is -0.448 e. The quantitative estimate of drug-likeness (QED) is 0.702. The summed E-state index contributed by atoms with van der Waals surface area (Å²) in [6, 6.07) is 15.5. The number of cyclic esters (lactones) is 1. The van der Waals surface area contributed by atoms with Gasteiger partial charge in [-0.1, -0.05) is 48.0 Å². The highest BCUT2D eigenvalue weighted by molar-refractivity contribution is 7.15. The van der Waals surface area contributed by atoms with Crippen LogP contribution in [-0.4, -0.2) is 23.0 Å². The van der Waals surface area contributed by atoms with Crippen molar-refractivity contribution in [1.82, 2.24) is 4.98 Å². The summed E-state index contributed by atoms with van der Waals surface area (Å²) in [4.78, 5) is 29.9. The first-order valence-electron chi connectivity index (χ1n) is 8.68. The van der Waals surface area contributed by atoms with Crippen molar-refractivity contribution in [3.63, 3.8) is 0 Å². The van der Waals surface area contributed by atoms with E-state index < -0.39 is 12.1 Å². The maximum Gasteiger partial charge on any atom is 0.339 e. The molecule has 4 rings (SSSR count). The zero-order chi connectivity index (χ0) is 18.8. The van der Waals surface area contributed by atoms with E-state index in [4.69, 9.17) is 4.74 Å². The van der Waals surface area contributed by atoms with E-state index in [0.717, 1.165) is 16.9 Å². The van der Waals surface area contributed by atoms with Crippen LogP contribution in [0.5, 0.6) is 0 Å². The van der Waals surface area contributed by atoms with Gasteiger partial charge in [-0.25, -0.2) is 9.78 Å². The van der Waals surface area contributed by atoms with Crippen LogP contribution in [0.25, 0.3) is 0 Å². The lowest BCUT2D eigenvalue weighted by Crippen LogP contribution is -2.37. The number of hydrogen-bond acceptors (Lipinski definition) is 5. The summed E-state index contributed by atoms with van der Waals surface area (Å²) in [6.45, 7) is 2.06. The minimum absolute atomic E-state index is 0.353. The number of fused-ring (bicyclic) bond motifs is 1. The molecule has 6 heteroatoms. The number of thiazole rings is 1. The van der Waals surface area contributed by atoms with Crippen molar-refractivity contribution >= 4 is 28.3 Å². The van der Waals surface area contributed by atoms with Gasteiger partial charge in [0, 0.05) is 23.9 Å². The molecule has 1 aliphatic rings. The number of esters is 1. The Labute approximate surface area is 161 Å². The molecule has 0 unspecified atom stereocenters. The van der Waals surface area contributed by atoms with Gasteiger partial charge in [0.1, 0.15) is 0 Å². The van der Waals surface area contributed by atoms with E-state index in [1.807, 2.05) is 12.1 Å². The molecule has 0 bridgehead atoms. The van der Waals surface area contributed by atoms with E-state index in [1.165, 1.54) is 22.5 Å². The predicted octanol–water partition coefficient (Wildman–Crippen LogP) is 3.76. The molecule has 2 heterocycles. The summed E-state index contributed by atoms with van der Waals surface area (Å²) >= 11 is 1.43. The summed E-state index contributed by atoms with van der Waals surface area (Å²) in [7, 11) is 0. The summed E-state index contributed by atoms with van der Waals surface area (Å²) < 4.78 is 5.29. The van der Waals surface area contributed by atoms with Crippen molar-refractivity contribution in [1.29, 1.82) is 0 Å². The standard InChI is InChI=1S/C21H18N2O3S/c1-13-6-8-14(9-7-13)10-16-12-22-21(27-16)23-19(24)18-11-15-4-2-3-5-17(15)20(25)26-18/h2-9,12,18H,10-11H2,1H3,(H,22,23,24)/t18-/m0/s1. The Morgan fingerprint density at radius 2 is 2.00 bits per heavy atom. The van der Waals surface area contributed by atoms with Gasteiger partial charge in [-0.15, -0.1) is 11.3 Å². The van der Waals surface area contributed by atoms with Gasteiger partial charge in [0.2, 0.25) is 0 Å². The number of ether oxygens (including phenoxy) is 1. The van der Waals surface area contributed by atoms with Gasteiger partial charge in [0.15, 0.2) is 11.2 Å². The number of aromatic nitrogens is 1. The van der Waals surface area contributed by atoms with Crippen LogP contribution in [0.15, 0.2) is 54.7 Å². The highest BCUT2D eigenvalue weighted by Crippen LogP contribution is 2.24. The largest absolute Gasteiger partial charge is 0.448 e. The van der Waals surface area contributed by atoms with Crippen LogP contribution < -0.4 is 5.32 Å². The molecule has 1 amide bonds. The molecular formula is C21H18N2O3S. The first-order valence-corrected chi connectivity index (χ1v) is 9.50. The normalized spacial score (nSPS) is 15.7. The number of carbonyl (C=O) groups excluding carboxylic acids is 2. The number of aryl methyl sites for hydroxylation is 1. The van der Waals surface area contributed by atoms with Crippen LogP contribution in [0.3, 0.4) is 0 Å². The van der Waals surface area contributed by atoms with E-state index in [1.54, 1.807) is 18.3 Å². The summed E-state index contributed by atoms with van der Waals surface area (Å²) in [5.74, 6) is -0.815. The van der Waals surface area contributed by atoms with E-state index in [2.05, 4.69) is 41.5 Å². The average molecular weight is 378 g/mol. The fraction of sp³-hybridized carbons (Fsp3) is 0.190. The van der Waals surface area contributed by atoms with E-state index >= 15 is 0 Å². The molecule has 136 valence electrons. The molecule has 1 aliphatic heterocycles. The fourth-order valence-electron chi connectivity index (χ4n) is 3.02. The van der Waals surface area contributed by atoms with Crippen molar-refractivity contribution < 1.29 is 14.3 Å². The summed E-state index contributed by atoms with van der Waals surface area (Å²) in [6.07, 6.45) is 2.06. The van der Waals surface area contributed by atoms with E-state index in [0.29, 0.717) is 17.1 Å². The molecule has 0 fully saturated rings. The number of benzene rings is 2. The van der Waals surface area contributed by atoms with Crippen molar-refractivity contribution in [2.75, 3.05) is 5.32 Å². The van der Waals surface area contributed by atoms with Crippen molar-refractivity contribution in [3.05, 3.63) is 81.9 Å². The van der Waals surface area contributed by atoms with Gasteiger partial charge in [-0.3, -0.25) is 10.1 Å². The Morgan fingerprint density at radius 1 is 1.22 bits per heavy atom. The third kappa shape index (κ3) is 3.90. The molecule has 0 aliphatic carbocycles. The molecule has 0 spiro atoms. The van der Waals surface area contributed by atoms with Gasteiger partial charge in [-0.05, 0) is 24.1 Å². The molecule has 5 nitrogen and oxygen atoms in total. The lowest BCUT2D eigenvalue weighted by atomic mass is 9.98. The second kappa shape index (κ2) is 7.32. The van der Waals surface area contributed by atoms with E-state index in [9.17, 15) is 9.59 Å². The number of hydrogen-bond donors (Lipinski definition) is 1. The number of nitrogens with zero attached hydrogens (tertiary/aromatic N) is 1. The lowest BCUT2D eigenvalue weighted by molar-refractivity contribution is -0.125. The van der Waals surface area contributed by atoms with Gasteiger partial charge in [0.25, 0.3) is 5.91 Å². The van der Waals surface area contributed by atoms with Gasteiger partial charge in [-0.2, -0.15) is 0 Å². The number of anilines is 1. The molecule has 27 heavy (non-hydrogen) atoms. The van der Waals surface area contributed by atoms with Crippen LogP contribution in [0.1, 0.15) is 31.9 Å². The molecule has 1 atom stereocenters. The summed E-state index contributed by atoms with van der Waals surface area (Å²) in [5.41, 5.74) is 3.77. The number of rotatable bonds is 4. The SMILES string of the molecule is Cc1ccc(Cc2cnc(NC(=O)[C@@H]3Cc4ccccc4C(=O)O3)s2)cc1. The van der Waals surface area contributed by atoms with E-state index in [-0.39, 0.29) is 5.91 Å². The van der Waals surface area contributed by atoms with Crippen LogP contribution in [0.2, 0.25) is 0 Å². The lowest BCUT2D eigenvalue weighted by Gasteiger charge is -2.23. The molecule has 3 aromatic rings. The Hall–Kier alpha value is -2.99. The van der Waals surface area contributed by atoms with Crippen molar-refractivity contribution in [2.45, 2.75) is 25.9 Å². The first kappa shape index (κ1) is 17.4. The Balaban J connectivity index is 1.41. The second-order valence-electron chi connectivity index (χ2n) is 6.54. The van der Waals surface area contributed by atoms with Gasteiger partial charge >= 0.3 is 5.97 Å². The molecule has 0 saturated heterocycles.